The predicted molar refractivity (Wildman–Crippen MR) is 77.0 cm³/mol. The first-order chi connectivity index (χ1) is 9.38. The zero-order valence-corrected chi connectivity index (χ0v) is 12.3. The number of hydrogen-bond donors (Lipinski definition) is 3. The van der Waals surface area contributed by atoms with Crippen LogP contribution < -0.4 is 15.8 Å². The largest absolute Gasteiger partial charge is 0.324 e. The third-order valence-corrected chi connectivity index (χ3v) is 4.43. The highest BCUT2D eigenvalue weighted by atomic mass is 35.5. The molecule has 1 amide bonds. The van der Waals surface area contributed by atoms with Crippen LogP contribution in [-0.2, 0) is 14.8 Å². The highest BCUT2D eigenvalue weighted by Gasteiger charge is 2.22. The first-order valence-electron chi connectivity index (χ1n) is 6.22. The minimum absolute atomic E-state index is 0.0843. The topological polar surface area (TPSA) is 101 Å². The van der Waals surface area contributed by atoms with E-state index in [4.69, 9.17) is 16.7 Å². The van der Waals surface area contributed by atoms with Crippen LogP contribution in [0, 0.1) is 5.92 Å². The van der Waals surface area contributed by atoms with Crippen LogP contribution in [0.1, 0.15) is 12.8 Å². The molecule has 0 aliphatic carbocycles. The Hall–Kier alpha value is -1.15. The van der Waals surface area contributed by atoms with E-state index in [2.05, 4.69) is 10.6 Å². The van der Waals surface area contributed by atoms with E-state index in [1.165, 1.54) is 18.2 Å². The SMILES string of the molecule is NS(=O)(=O)c1ccc(Cl)c(NC(=O)[C@H]2CCCNC2)c1. The first-order valence-corrected chi connectivity index (χ1v) is 8.14. The summed E-state index contributed by atoms with van der Waals surface area (Å²) in [5.74, 6) is -0.316. The van der Waals surface area contributed by atoms with Gasteiger partial charge in [-0.3, -0.25) is 4.79 Å². The van der Waals surface area contributed by atoms with Gasteiger partial charge in [0.2, 0.25) is 15.9 Å². The molecule has 0 bridgehead atoms. The fourth-order valence-electron chi connectivity index (χ4n) is 2.09. The number of hydrogen-bond acceptors (Lipinski definition) is 4. The van der Waals surface area contributed by atoms with Crippen molar-refractivity contribution in [2.24, 2.45) is 11.1 Å². The summed E-state index contributed by atoms with van der Waals surface area (Å²) in [5, 5.41) is 11.1. The Labute approximate surface area is 122 Å². The second-order valence-electron chi connectivity index (χ2n) is 4.72. The molecule has 0 aromatic heterocycles. The number of carbonyl (C=O) groups excluding carboxylic acids is 1. The average molecular weight is 318 g/mol. The summed E-state index contributed by atoms with van der Waals surface area (Å²) in [7, 11) is -3.83. The monoisotopic (exact) mass is 317 g/mol. The van der Waals surface area contributed by atoms with Crippen molar-refractivity contribution >= 4 is 33.2 Å². The summed E-state index contributed by atoms with van der Waals surface area (Å²) in [6, 6.07) is 3.97. The van der Waals surface area contributed by atoms with E-state index in [0.29, 0.717) is 6.54 Å². The molecule has 0 saturated carbocycles. The second kappa shape index (κ2) is 6.09. The van der Waals surface area contributed by atoms with E-state index in [1.54, 1.807) is 0 Å². The van der Waals surface area contributed by atoms with E-state index >= 15 is 0 Å². The summed E-state index contributed by atoms with van der Waals surface area (Å²) >= 11 is 5.96. The fraction of sp³-hybridized carbons (Fsp3) is 0.417. The zero-order valence-electron chi connectivity index (χ0n) is 10.7. The summed E-state index contributed by atoms with van der Waals surface area (Å²) in [5.41, 5.74) is 0.258. The maximum absolute atomic E-state index is 12.1. The normalized spacial score (nSPS) is 19.6. The molecule has 1 aliphatic heterocycles. The van der Waals surface area contributed by atoms with Gasteiger partial charge in [0.1, 0.15) is 0 Å². The minimum Gasteiger partial charge on any atom is -0.324 e. The van der Waals surface area contributed by atoms with Crippen molar-refractivity contribution in [3.05, 3.63) is 23.2 Å². The smallest absolute Gasteiger partial charge is 0.238 e. The van der Waals surface area contributed by atoms with Gasteiger partial charge in [0, 0.05) is 6.54 Å². The Morgan fingerprint density at radius 2 is 2.20 bits per heavy atom. The highest BCUT2D eigenvalue weighted by Crippen LogP contribution is 2.25. The van der Waals surface area contributed by atoms with Gasteiger partial charge < -0.3 is 10.6 Å². The Morgan fingerprint density at radius 1 is 1.45 bits per heavy atom. The van der Waals surface area contributed by atoms with Gasteiger partial charge in [0.15, 0.2) is 0 Å². The van der Waals surface area contributed by atoms with Crippen molar-refractivity contribution in [1.29, 1.82) is 0 Å². The molecule has 20 heavy (non-hydrogen) atoms. The molecule has 110 valence electrons. The number of nitrogens with one attached hydrogen (secondary N) is 2. The van der Waals surface area contributed by atoms with E-state index in [0.717, 1.165) is 19.4 Å². The average Bonchev–Trinajstić information content (AvgIpc) is 2.41. The lowest BCUT2D eigenvalue weighted by atomic mass is 9.99. The van der Waals surface area contributed by atoms with Crippen molar-refractivity contribution in [2.75, 3.05) is 18.4 Å². The number of rotatable bonds is 3. The summed E-state index contributed by atoms with van der Waals surface area (Å²) in [6.07, 6.45) is 1.73. The number of piperidine rings is 1. The Kier molecular flexibility index (Phi) is 4.64. The number of nitrogens with two attached hydrogens (primary N) is 1. The number of benzene rings is 1. The van der Waals surface area contributed by atoms with Crippen molar-refractivity contribution in [1.82, 2.24) is 5.32 Å². The van der Waals surface area contributed by atoms with Gasteiger partial charge in [-0.05, 0) is 37.6 Å². The zero-order chi connectivity index (χ0) is 14.8. The number of carbonyl (C=O) groups is 1. The molecule has 0 unspecified atom stereocenters. The molecule has 0 spiro atoms. The van der Waals surface area contributed by atoms with Crippen LogP contribution in [0.15, 0.2) is 23.1 Å². The number of halogens is 1. The molecule has 1 aromatic carbocycles. The van der Waals surface area contributed by atoms with Crippen LogP contribution in [0.3, 0.4) is 0 Å². The molecule has 1 heterocycles. The quantitative estimate of drug-likeness (QED) is 0.771. The van der Waals surface area contributed by atoms with Gasteiger partial charge in [-0.2, -0.15) is 0 Å². The molecule has 4 N–H and O–H groups in total. The molecule has 1 fully saturated rings. The van der Waals surface area contributed by atoms with Gasteiger partial charge >= 0.3 is 0 Å². The predicted octanol–water partition coefficient (Wildman–Crippen LogP) is 0.925. The van der Waals surface area contributed by atoms with Gasteiger partial charge in [0.05, 0.1) is 21.5 Å². The van der Waals surface area contributed by atoms with Crippen LogP contribution in [0.2, 0.25) is 5.02 Å². The summed E-state index contributed by atoms with van der Waals surface area (Å²) in [6.45, 7) is 1.52. The molecule has 1 saturated heterocycles. The third-order valence-electron chi connectivity index (χ3n) is 3.19. The fourth-order valence-corrected chi connectivity index (χ4v) is 2.79. The molecule has 6 nitrogen and oxygen atoms in total. The van der Waals surface area contributed by atoms with E-state index in [1.807, 2.05) is 0 Å². The molecule has 0 radical (unpaired) electrons. The van der Waals surface area contributed by atoms with Gasteiger partial charge in [-0.25, -0.2) is 13.6 Å². The lowest BCUT2D eigenvalue weighted by molar-refractivity contribution is -0.120. The van der Waals surface area contributed by atoms with Crippen LogP contribution in [0.4, 0.5) is 5.69 Å². The van der Waals surface area contributed by atoms with E-state index in [-0.39, 0.29) is 27.4 Å². The first kappa shape index (κ1) is 15.2. The Bertz CT molecular complexity index is 612. The summed E-state index contributed by atoms with van der Waals surface area (Å²) in [4.78, 5) is 12.0. The van der Waals surface area contributed by atoms with Crippen LogP contribution >= 0.6 is 11.6 Å². The number of anilines is 1. The van der Waals surface area contributed by atoms with Gasteiger partial charge in [-0.1, -0.05) is 11.6 Å². The number of sulfonamides is 1. The van der Waals surface area contributed by atoms with Gasteiger partial charge in [-0.15, -0.1) is 0 Å². The van der Waals surface area contributed by atoms with Crippen molar-refractivity contribution < 1.29 is 13.2 Å². The van der Waals surface area contributed by atoms with Crippen molar-refractivity contribution in [3.8, 4) is 0 Å². The molecule has 2 rings (SSSR count). The van der Waals surface area contributed by atoms with Crippen molar-refractivity contribution in [2.45, 2.75) is 17.7 Å². The summed E-state index contributed by atoms with van der Waals surface area (Å²) < 4.78 is 22.6. The second-order valence-corrected chi connectivity index (χ2v) is 6.69. The lowest BCUT2D eigenvalue weighted by Crippen LogP contribution is -2.37. The molecule has 1 atom stereocenters. The van der Waals surface area contributed by atoms with E-state index < -0.39 is 10.0 Å². The molecule has 1 aromatic rings. The molecular formula is C12H16ClN3O3S. The standard InChI is InChI=1S/C12H16ClN3O3S/c13-10-4-3-9(20(14,18)19)6-11(10)16-12(17)8-2-1-5-15-7-8/h3-4,6,8,15H,1-2,5,7H2,(H,16,17)(H2,14,18,19)/t8-/m0/s1. The van der Waals surface area contributed by atoms with Crippen LogP contribution in [0.25, 0.3) is 0 Å². The highest BCUT2D eigenvalue weighted by molar-refractivity contribution is 7.89. The lowest BCUT2D eigenvalue weighted by Gasteiger charge is -2.22. The Balaban J connectivity index is 2.18. The molecule has 1 aliphatic rings. The molecular weight excluding hydrogens is 302 g/mol. The maximum atomic E-state index is 12.1. The number of amides is 1. The van der Waals surface area contributed by atoms with E-state index in [9.17, 15) is 13.2 Å². The molecule has 8 heteroatoms. The maximum Gasteiger partial charge on any atom is 0.238 e. The van der Waals surface area contributed by atoms with Crippen LogP contribution in [0.5, 0.6) is 0 Å². The number of primary sulfonamides is 1. The third kappa shape index (κ3) is 3.69. The van der Waals surface area contributed by atoms with Crippen LogP contribution in [-0.4, -0.2) is 27.4 Å². The van der Waals surface area contributed by atoms with Crippen molar-refractivity contribution in [3.63, 3.8) is 0 Å². The minimum atomic E-state index is -3.83. The van der Waals surface area contributed by atoms with Gasteiger partial charge in [0.25, 0.3) is 0 Å². The Morgan fingerprint density at radius 3 is 2.80 bits per heavy atom.